The molecule has 0 aliphatic rings. The van der Waals surface area contributed by atoms with Gasteiger partial charge >= 0.3 is 0 Å². The van der Waals surface area contributed by atoms with E-state index in [4.69, 9.17) is 17.3 Å². The minimum absolute atomic E-state index is 0.663. The summed E-state index contributed by atoms with van der Waals surface area (Å²) in [5.41, 5.74) is 7.33. The first kappa shape index (κ1) is 8.20. The number of hydrogen-bond donors (Lipinski definition) is 1. The monoisotopic (exact) mass is 192 g/mol. The SMILES string of the molecule is Nc1cccc(Cl)c1-n1cccc1. The largest absolute Gasteiger partial charge is 0.397 e. The number of para-hydroxylation sites is 1. The van der Waals surface area contributed by atoms with Crippen molar-refractivity contribution in [1.29, 1.82) is 0 Å². The molecule has 0 aliphatic carbocycles. The molecule has 0 radical (unpaired) electrons. The number of aromatic nitrogens is 1. The van der Waals surface area contributed by atoms with Crippen molar-refractivity contribution in [1.82, 2.24) is 4.57 Å². The zero-order valence-electron chi connectivity index (χ0n) is 6.94. The molecule has 2 nitrogen and oxygen atoms in total. The summed E-state index contributed by atoms with van der Waals surface area (Å²) in [6.45, 7) is 0. The highest BCUT2D eigenvalue weighted by Crippen LogP contribution is 2.25. The molecule has 2 aromatic rings. The molecule has 0 atom stereocenters. The molecular formula is C10H9ClN2. The van der Waals surface area contributed by atoms with E-state index in [0.29, 0.717) is 10.7 Å². The molecule has 2 N–H and O–H groups in total. The van der Waals surface area contributed by atoms with Crippen LogP contribution in [0.3, 0.4) is 0 Å². The van der Waals surface area contributed by atoms with Crippen LogP contribution in [0, 0.1) is 0 Å². The maximum Gasteiger partial charge on any atom is 0.0869 e. The molecule has 0 amide bonds. The number of nitrogens with two attached hydrogens (primary N) is 1. The van der Waals surface area contributed by atoms with E-state index < -0.39 is 0 Å². The number of anilines is 1. The van der Waals surface area contributed by atoms with Crippen LogP contribution in [0.2, 0.25) is 5.02 Å². The number of nitrogens with zero attached hydrogens (tertiary/aromatic N) is 1. The van der Waals surface area contributed by atoms with E-state index in [0.717, 1.165) is 5.69 Å². The molecule has 0 spiro atoms. The lowest BCUT2D eigenvalue weighted by atomic mass is 10.2. The Hall–Kier alpha value is -1.41. The van der Waals surface area contributed by atoms with Gasteiger partial charge in [-0.1, -0.05) is 17.7 Å². The molecule has 2 rings (SSSR count). The van der Waals surface area contributed by atoms with E-state index in [9.17, 15) is 0 Å². The van der Waals surface area contributed by atoms with Crippen LogP contribution in [0.25, 0.3) is 5.69 Å². The summed E-state index contributed by atoms with van der Waals surface area (Å²) in [6, 6.07) is 9.37. The van der Waals surface area contributed by atoms with Crippen LogP contribution in [-0.2, 0) is 0 Å². The van der Waals surface area contributed by atoms with Crippen LogP contribution in [0.1, 0.15) is 0 Å². The molecule has 0 saturated heterocycles. The van der Waals surface area contributed by atoms with Gasteiger partial charge in [0.1, 0.15) is 0 Å². The summed E-state index contributed by atoms with van der Waals surface area (Å²) in [6.07, 6.45) is 3.83. The second-order valence-electron chi connectivity index (χ2n) is 2.77. The van der Waals surface area contributed by atoms with Crippen molar-refractivity contribution in [3.8, 4) is 5.69 Å². The Morgan fingerprint density at radius 3 is 2.38 bits per heavy atom. The Balaban J connectivity index is 2.64. The zero-order valence-corrected chi connectivity index (χ0v) is 7.70. The van der Waals surface area contributed by atoms with Gasteiger partial charge in [0.25, 0.3) is 0 Å². The van der Waals surface area contributed by atoms with Crippen molar-refractivity contribution in [3.05, 3.63) is 47.7 Å². The molecule has 13 heavy (non-hydrogen) atoms. The summed E-state index contributed by atoms with van der Waals surface area (Å²) >= 11 is 6.02. The van der Waals surface area contributed by atoms with Crippen molar-refractivity contribution < 1.29 is 0 Å². The molecule has 1 aromatic heterocycles. The number of hydrogen-bond acceptors (Lipinski definition) is 1. The Morgan fingerprint density at radius 2 is 1.77 bits per heavy atom. The molecule has 0 aliphatic heterocycles. The van der Waals surface area contributed by atoms with Crippen molar-refractivity contribution >= 4 is 17.3 Å². The lowest BCUT2D eigenvalue weighted by Crippen LogP contribution is -1.97. The Bertz CT molecular complexity index is 387. The van der Waals surface area contributed by atoms with E-state index in [-0.39, 0.29) is 0 Å². The molecule has 0 bridgehead atoms. The topological polar surface area (TPSA) is 30.9 Å². The lowest BCUT2D eigenvalue weighted by Gasteiger charge is -2.08. The van der Waals surface area contributed by atoms with Crippen LogP contribution in [0.4, 0.5) is 5.69 Å². The molecule has 66 valence electrons. The van der Waals surface area contributed by atoms with Crippen LogP contribution in [0.5, 0.6) is 0 Å². The van der Waals surface area contributed by atoms with Gasteiger partial charge in [-0.2, -0.15) is 0 Å². The van der Waals surface area contributed by atoms with Gasteiger partial charge in [-0.25, -0.2) is 0 Å². The third kappa shape index (κ3) is 1.40. The third-order valence-electron chi connectivity index (χ3n) is 1.88. The highest BCUT2D eigenvalue weighted by molar-refractivity contribution is 6.32. The summed E-state index contributed by atoms with van der Waals surface area (Å²) < 4.78 is 1.90. The number of halogens is 1. The number of nitrogen functional groups attached to an aromatic ring is 1. The van der Waals surface area contributed by atoms with Gasteiger partial charge < -0.3 is 10.3 Å². The highest BCUT2D eigenvalue weighted by atomic mass is 35.5. The maximum absolute atomic E-state index is 6.02. The van der Waals surface area contributed by atoms with Crippen molar-refractivity contribution in [2.24, 2.45) is 0 Å². The van der Waals surface area contributed by atoms with Crippen LogP contribution < -0.4 is 5.73 Å². The minimum Gasteiger partial charge on any atom is -0.397 e. The predicted molar refractivity (Wildman–Crippen MR) is 55.2 cm³/mol. The zero-order chi connectivity index (χ0) is 9.26. The van der Waals surface area contributed by atoms with Gasteiger partial charge in [0, 0.05) is 12.4 Å². The molecule has 1 aromatic carbocycles. The first-order chi connectivity index (χ1) is 6.29. The highest BCUT2D eigenvalue weighted by Gasteiger charge is 2.04. The van der Waals surface area contributed by atoms with Crippen molar-refractivity contribution in [3.63, 3.8) is 0 Å². The average Bonchev–Trinajstić information content (AvgIpc) is 2.57. The van der Waals surface area contributed by atoms with Gasteiger partial charge in [-0.05, 0) is 24.3 Å². The fourth-order valence-corrected chi connectivity index (χ4v) is 1.57. The Morgan fingerprint density at radius 1 is 1.08 bits per heavy atom. The van der Waals surface area contributed by atoms with Gasteiger partial charge in [-0.3, -0.25) is 0 Å². The van der Waals surface area contributed by atoms with E-state index in [2.05, 4.69) is 0 Å². The lowest BCUT2D eigenvalue weighted by molar-refractivity contribution is 1.08. The standard InChI is InChI=1S/C10H9ClN2/c11-8-4-3-5-9(12)10(8)13-6-1-2-7-13/h1-7H,12H2. The van der Waals surface area contributed by atoms with Crippen LogP contribution >= 0.6 is 11.6 Å². The molecule has 3 heteroatoms. The second kappa shape index (κ2) is 3.15. The molecule has 1 heterocycles. The summed E-state index contributed by atoms with van der Waals surface area (Å²) in [5, 5.41) is 0.663. The molecular weight excluding hydrogens is 184 g/mol. The molecule has 0 unspecified atom stereocenters. The summed E-state index contributed by atoms with van der Waals surface area (Å²) in [4.78, 5) is 0. The van der Waals surface area contributed by atoms with Crippen LogP contribution in [-0.4, -0.2) is 4.57 Å². The van der Waals surface area contributed by atoms with Gasteiger partial charge in [-0.15, -0.1) is 0 Å². The second-order valence-corrected chi connectivity index (χ2v) is 3.18. The van der Waals surface area contributed by atoms with E-state index in [1.165, 1.54) is 0 Å². The molecule has 0 saturated carbocycles. The Kier molecular flexibility index (Phi) is 1.99. The summed E-state index contributed by atoms with van der Waals surface area (Å²) in [5.74, 6) is 0. The number of rotatable bonds is 1. The minimum atomic E-state index is 0.663. The van der Waals surface area contributed by atoms with E-state index >= 15 is 0 Å². The smallest absolute Gasteiger partial charge is 0.0869 e. The summed E-state index contributed by atoms with van der Waals surface area (Å²) in [7, 11) is 0. The fraction of sp³-hybridized carbons (Fsp3) is 0. The fourth-order valence-electron chi connectivity index (χ4n) is 1.29. The van der Waals surface area contributed by atoms with E-state index in [1.807, 2.05) is 47.3 Å². The third-order valence-corrected chi connectivity index (χ3v) is 2.19. The van der Waals surface area contributed by atoms with Gasteiger partial charge in [0.05, 0.1) is 16.4 Å². The maximum atomic E-state index is 6.02. The first-order valence-electron chi connectivity index (χ1n) is 3.96. The molecule has 0 fully saturated rings. The average molecular weight is 193 g/mol. The normalized spacial score (nSPS) is 10.2. The van der Waals surface area contributed by atoms with E-state index in [1.54, 1.807) is 0 Å². The number of benzene rings is 1. The van der Waals surface area contributed by atoms with Gasteiger partial charge in [0.2, 0.25) is 0 Å². The Labute approximate surface area is 81.6 Å². The first-order valence-corrected chi connectivity index (χ1v) is 4.34. The van der Waals surface area contributed by atoms with Gasteiger partial charge in [0.15, 0.2) is 0 Å². The predicted octanol–water partition coefficient (Wildman–Crippen LogP) is 2.71. The van der Waals surface area contributed by atoms with Crippen molar-refractivity contribution in [2.75, 3.05) is 5.73 Å². The quantitative estimate of drug-likeness (QED) is 0.692. The van der Waals surface area contributed by atoms with Crippen molar-refractivity contribution in [2.45, 2.75) is 0 Å². The van der Waals surface area contributed by atoms with Crippen LogP contribution in [0.15, 0.2) is 42.7 Å².